The van der Waals surface area contributed by atoms with E-state index < -0.39 is 0 Å². The van der Waals surface area contributed by atoms with Crippen molar-refractivity contribution in [1.82, 2.24) is 18.3 Å². The molecule has 0 N–H and O–H groups in total. The van der Waals surface area contributed by atoms with Gasteiger partial charge in [0.25, 0.3) is 0 Å². The average molecular weight is 793 g/mol. The molecule has 4 heterocycles. The van der Waals surface area contributed by atoms with Gasteiger partial charge in [0, 0.05) is 49.6 Å². The van der Waals surface area contributed by atoms with Crippen molar-refractivity contribution in [1.29, 1.82) is 0 Å². The van der Waals surface area contributed by atoms with Gasteiger partial charge in [0.2, 0.25) is 0 Å². The van der Waals surface area contributed by atoms with Crippen molar-refractivity contribution in [2.24, 2.45) is 0 Å². The van der Waals surface area contributed by atoms with Gasteiger partial charge < -0.3 is 37.2 Å². The second kappa shape index (κ2) is 24.2. The summed E-state index contributed by atoms with van der Waals surface area (Å²) in [4.78, 5) is 0. The predicted octanol–water partition coefficient (Wildman–Crippen LogP) is 9.46. The van der Waals surface area contributed by atoms with E-state index in [4.69, 9.17) is 18.9 Å². The molecule has 0 atom stereocenters. The minimum absolute atomic E-state index is 0. The Morgan fingerprint density at radius 2 is 0.615 bits per heavy atom. The molecule has 0 amide bonds. The van der Waals surface area contributed by atoms with Gasteiger partial charge in [-0.05, 0) is 110 Å². The van der Waals surface area contributed by atoms with Crippen LogP contribution in [0.1, 0.15) is 24.0 Å². The minimum Gasteiger partial charge on any atom is -0.488 e. The zero-order chi connectivity index (χ0) is 32.6. The summed E-state index contributed by atoms with van der Waals surface area (Å²) >= 11 is 0. The molecule has 0 aliphatic heterocycles. The third kappa shape index (κ3) is 14.2. The van der Waals surface area contributed by atoms with Crippen LogP contribution >= 0.6 is 49.6 Å². The van der Waals surface area contributed by atoms with E-state index in [1.54, 1.807) is 0 Å². The molecule has 0 fully saturated rings. The number of halogens is 4. The highest BCUT2D eigenvalue weighted by Gasteiger charge is 2.10. The summed E-state index contributed by atoms with van der Waals surface area (Å²) in [6, 6.07) is 29.0. The number of rotatable bonds is 21. The molecule has 12 heteroatoms. The second-order valence-corrected chi connectivity index (χ2v) is 11.8. The van der Waals surface area contributed by atoms with Crippen LogP contribution in [0.5, 0.6) is 23.0 Å². The van der Waals surface area contributed by atoms with Crippen LogP contribution in [0.2, 0.25) is 0 Å². The highest BCUT2D eigenvalue weighted by Crippen LogP contribution is 2.31. The summed E-state index contributed by atoms with van der Waals surface area (Å²) in [5.41, 5.74) is 2.51. The molecule has 6 rings (SSSR count). The lowest BCUT2D eigenvalue weighted by Crippen LogP contribution is -2.10. The molecule has 6 aromatic rings. The first kappa shape index (κ1) is 44.1. The van der Waals surface area contributed by atoms with Crippen molar-refractivity contribution in [3.63, 3.8) is 0 Å². The van der Waals surface area contributed by atoms with Gasteiger partial charge >= 0.3 is 0 Å². The molecular weight excluding hydrogens is 742 g/mol. The van der Waals surface area contributed by atoms with Crippen LogP contribution < -0.4 is 18.9 Å². The SMILES string of the molecule is Cl.Cl.Cl.Cl.c1ccn(CCOc2ccc(CCCCc3ccc(OCCn4cccc4)c(OCCn4cccc4)c3)cc2OCCn2cccc2)c1. The maximum Gasteiger partial charge on any atom is 0.161 e. The van der Waals surface area contributed by atoms with Crippen molar-refractivity contribution in [3.8, 4) is 23.0 Å². The van der Waals surface area contributed by atoms with Crippen molar-refractivity contribution in [2.45, 2.75) is 51.9 Å². The van der Waals surface area contributed by atoms with E-state index in [1.165, 1.54) is 11.1 Å². The van der Waals surface area contributed by atoms with Crippen LogP contribution in [0.15, 0.2) is 135 Å². The fraction of sp³-hybridized carbons (Fsp3) is 0.300. The van der Waals surface area contributed by atoms with E-state index >= 15 is 0 Å². The molecule has 282 valence electrons. The summed E-state index contributed by atoms with van der Waals surface area (Å²) in [5.74, 6) is 3.19. The number of unbranched alkanes of at least 4 members (excludes halogenated alkanes) is 1. The van der Waals surface area contributed by atoms with Gasteiger partial charge in [0.15, 0.2) is 23.0 Å². The van der Waals surface area contributed by atoms with Gasteiger partial charge in [-0.15, -0.1) is 49.6 Å². The molecular formula is C40H50Cl4N4O4. The van der Waals surface area contributed by atoms with Crippen LogP contribution in [-0.4, -0.2) is 44.7 Å². The highest BCUT2D eigenvalue weighted by molar-refractivity contribution is 5.86. The second-order valence-electron chi connectivity index (χ2n) is 11.8. The molecule has 8 nitrogen and oxygen atoms in total. The summed E-state index contributed by atoms with van der Waals surface area (Å²) < 4.78 is 33.3. The molecule has 4 aromatic heterocycles. The smallest absolute Gasteiger partial charge is 0.161 e. The number of hydrogen-bond acceptors (Lipinski definition) is 4. The zero-order valence-corrected chi connectivity index (χ0v) is 32.5. The minimum atomic E-state index is 0. The van der Waals surface area contributed by atoms with Gasteiger partial charge in [-0.25, -0.2) is 0 Å². The topological polar surface area (TPSA) is 56.6 Å². The molecule has 0 spiro atoms. The monoisotopic (exact) mass is 790 g/mol. The number of hydrogen-bond donors (Lipinski definition) is 0. The molecule has 0 saturated heterocycles. The molecule has 0 radical (unpaired) electrons. The van der Waals surface area contributed by atoms with Gasteiger partial charge in [-0.1, -0.05) is 12.1 Å². The predicted molar refractivity (Wildman–Crippen MR) is 218 cm³/mol. The van der Waals surface area contributed by atoms with E-state index in [2.05, 4.69) is 104 Å². The van der Waals surface area contributed by atoms with Crippen molar-refractivity contribution < 1.29 is 18.9 Å². The first-order valence-electron chi connectivity index (χ1n) is 17.0. The Bertz CT molecular complexity index is 1620. The Balaban J connectivity index is 0.00000234. The molecule has 0 saturated carbocycles. The number of ether oxygens (including phenoxy) is 4. The highest BCUT2D eigenvalue weighted by atomic mass is 35.5. The number of benzene rings is 2. The number of nitrogens with zero attached hydrogens (tertiary/aromatic N) is 4. The largest absolute Gasteiger partial charge is 0.488 e. The van der Waals surface area contributed by atoms with Crippen LogP contribution in [0.3, 0.4) is 0 Å². The Hall–Kier alpha value is -4.08. The Morgan fingerprint density at radius 1 is 0.346 bits per heavy atom. The summed E-state index contributed by atoms with van der Waals surface area (Å²) in [6.07, 6.45) is 20.5. The quantitative estimate of drug-likeness (QED) is 0.0682. The van der Waals surface area contributed by atoms with Crippen molar-refractivity contribution in [3.05, 3.63) is 146 Å². The van der Waals surface area contributed by atoms with E-state index in [0.29, 0.717) is 26.4 Å². The van der Waals surface area contributed by atoms with Crippen LogP contribution in [-0.2, 0) is 39.0 Å². The fourth-order valence-electron chi connectivity index (χ4n) is 5.66. The number of aryl methyl sites for hydroxylation is 2. The van der Waals surface area contributed by atoms with Crippen LogP contribution in [0, 0.1) is 0 Å². The first-order valence-corrected chi connectivity index (χ1v) is 17.0. The van der Waals surface area contributed by atoms with Gasteiger partial charge in [-0.2, -0.15) is 0 Å². The van der Waals surface area contributed by atoms with E-state index in [0.717, 1.165) is 74.9 Å². The molecule has 2 aromatic carbocycles. The summed E-state index contributed by atoms with van der Waals surface area (Å²) in [6.45, 7) is 5.47. The molecule has 0 unspecified atom stereocenters. The normalized spacial score (nSPS) is 10.2. The molecule has 52 heavy (non-hydrogen) atoms. The Kier molecular flexibility index (Phi) is 20.5. The van der Waals surface area contributed by atoms with Crippen LogP contribution in [0.4, 0.5) is 0 Å². The Morgan fingerprint density at radius 3 is 0.904 bits per heavy atom. The standard InChI is InChI=1S/C40H46N4O4.4ClH/c1(11-35-13-15-37(45-29-25-41-17-3-4-18-41)39(33-35)47-31-27-43-21-7-8-22-43)2-12-36-14-16-38(46-30-26-42-19-5-6-20-42)40(34-36)48-32-28-44-23-9-10-24-44;;;;/h3-10,13-24,33-34H,1-2,11-12,25-32H2;4*1H. The van der Waals surface area contributed by atoms with E-state index in [9.17, 15) is 0 Å². The third-order valence-corrected chi connectivity index (χ3v) is 8.29. The Labute approximate surface area is 332 Å². The van der Waals surface area contributed by atoms with Crippen molar-refractivity contribution >= 4 is 49.6 Å². The first-order chi connectivity index (χ1) is 23.8. The molecule has 0 aliphatic carbocycles. The number of aromatic nitrogens is 4. The fourth-order valence-corrected chi connectivity index (χ4v) is 5.66. The van der Waals surface area contributed by atoms with Gasteiger partial charge in [0.05, 0.1) is 26.2 Å². The summed E-state index contributed by atoms with van der Waals surface area (Å²) in [5, 5.41) is 0. The lowest BCUT2D eigenvalue weighted by Gasteiger charge is -2.16. The zero-order valence-electron chi connectivity index (χ0n) is 29.2. The lowest BCUT2D eigenvalue weighted by molar-refractivity contribution is 0.253. The average Bonchev–Trinajstić information content (AvgIpc) is 3.95. The third-order valence-electron chi connectivity index (χ3n) is 8.29. The van der Waals surface area contributed by atoms with Crippen LogP contribution in [0.25, 0.3) is 0 Å². The summed E-state index contributed by atoms with van der Waals surface area (Å²) in [7, 11) is 0. The maximum absolute atomic E-state index is 6.26. The van der Waals surface area contributed by atoms with Gasteiger partial charge in [-0.3, -0.25) is 0 Å². The van der Waals surface area contributed by atoms with Gasteiger partial charge in [0.1, 0.15) is 26.4 Å². The maximum atomic E-state index is 6.26. The lowest BCUT2D eigenvalue weighted by atomic mass is 10.0. The molecule has 0 aliphatic rings. The van der Waals surface area contributed by atoms with E-state index in [-0.39, 0.29) is 49.6 Å². The molecule has 0 bridgehead atoms. The van der Waals surface area contributed by atoms with E-state index in [1.807, 2.05) is 48.5 Å². The van der Waals surface area contributed by atoms with Crippen molar-refractivity contribution in [2.75, 3.05) is 26.4 Å².